The minimum absolute atomic E-state index is 0.0443. The van der Waals surface area contributed by atoms with Gasteiger partial charge in [0.15, 0.2) is 5.43 Å². The average molecular weight is 359 g/mol. The Morgan fingerprint density at radius 2 is 1.92 bits per heavy atom. The van der Waals surface area contributed by atoms with Crippen LogP contribution in [0.3, 0.4) is 0 Å². The number of benzene rings is 2. The predicted molar refractivity (Wildman–Crippen MR) is 96.2 cm³/mol. The van der Waals surface area contributed by atoms with Crippen molar-refractivity contribution in [3.8, 4) is 0 Å². The molecule has 0 fully saturated rings. The van der Waals surface area contributed by atoms with E-state index in [9.17, 15) is 14.0 Å². The summed E-state index contributed by atoms with van der Waals surface area (Å²) in [5, 5.41) is 3.86. The first-order valence-corrected chi connectivity index (χ1v) is 8.15. The summed E-state index contributed by atoms with van der Waals surface area (Å²) in [6, 6.07) is 12.1. The molecule has 0 aliphatic heterocycles. The molecule has 2 aromatic carbocycles. The van der Waals surface area contributed by atoms with E-state index in [4.69, 9.17) is 11.6 Å². The van der Waals surface area contributed by atoms with Crippen molar-refractivity contribution < 1.29 is 9.18 Å². The van der Waals surface area contributed by atoms with Crippen molar-refractivity contribution in [1.29, 1.82) is 0 Å². The summed E-state index contributed by atoms with van der Waals surface area (Å²) in [5.41, 5.74) is 1.29. The Balaban J connectivity index is 1.80. The second kappa shape index (κ2) is 7.07. The second-order valence-electron chi connectivity index (χ2n) is 5.81. The molecule has 3 rings (SSSR count). The van der Waals surface area contributed by atoms with E-state index in [2.05, 4.69) is 5.32 Å². The van der Waals surface area contributed by atoms with E-state index in [1.54, 1.807) is 41.1 Å². The summed E-state index contributed by atoms with van der Waals surface area (Å²) in [6.07, 6.45) is 1.57. The number of aromatic nitrogens is 1. The van der Waals surface area contributed by atoms with Crippen molar-refractivity contribution in [1.82, 2.24) is 9.88 Å². The fourth-order valence-electron chi connectivity index (χ4n) is 2.69. The molecule has 25 heavy (non-hydrogen) atoms. The van der Waals surface area contributed by atoms with Crippen molar-refractivity contribution >= 4 is 28.4 Å². The largest absolute Gasteiger partial charge is 0.348 e. The Bertz CT molecular complexity index is 983. The molecule has 4 nitrogen and oxygen atoms in total. The van der Waals surface area contributed by atoms with Gasteiger partial charge in [-0.05, 0) is 42.8 Å². The van der Waals surface area contributed by atoms with E-state index in [1.807, 2.05) is 6.92 Å². The zero-order chi connectivity index (χ0) is 18.0. The second-order valence-corrected chi connectivity index (χ2v) is 6.25. The predicted octanol–water partition coefficient (Wildman–Crippen LogP) is 3.67. The lowest BCUT2D eigenvalue weighted by Crippen LogP contribution is -2.30. The van der Waals surface area contributed by atoms with Crippen LogP contribution in [0.4, 0.5) is 4.39 Å². The maximum atomic E-state index is 13.0. The van der Waals surface area contributed by atoms with E-state index >= 15 is 0 Å². The van der Waals surface area contributed by atoms with Crippen LogP contribution in [-0.2, 0) is 11.3 Å². The fraction of sp³-hybridized carbons (Fsp3) is 0.158. The summed E-state index contributed by atoms with van der Waals surface area (Å²) in [5.74, 6) is -0.541. The summed E-state index contributed by atoms with van der Waals surface area (Å²) < 4.78 is 14.7. The minimum atomic E-state index is -0.320. The smallest absolute Gasteiger partial charge is 0.240 e. The third-order valence-electron chi connectivity index (χ3n) is 4.00. The van der Waals surface area contributed by atoms with Crippen LogP contribution in [0.25, 0.3) is 10.9 Å². The number of carbonyl (C=O) groups excluding carboxylic acids is 1. The van der Waals surface area contributed by atoms with E-state index in [0.717, 1.165) is 5.56 Å². The molecule has 0 radical (unpaired) electrons. The molecule has 1 atom stereocenters. The molecule has 1 N–H and O–H groups in total. The zero-order valence-electron chi connectivity index (χ0n) is 13.5. The van der Waals surface area contributed by atoms with Gasteiger partial charge in [0.05, 0.1) is 11.6 Å². The number of amides is 1. The van der Waals surface area contributed by atoms with Crippen LogP contribution < -0.4 is 10.7 Å². The topological polar surface area (TPSA) is 51.1 Å². The minimum Gasteiger partial charge on any atom is -0.348 e. The van der Waals surface area contributed by atoms with Crippen LogP contribution in [0.5, 0.6) is 0 Å². The maximum absolute atomic E-state index is 13.0. The normalized spacial score (nSPS) is 12.1. The highest BCUT2D eigenvalue weighted by Gasteiger charge is 2.12. The lowest BCUT2D eigenvalue weighted by atomic mass is 10.1. The summed E-state index contributed by atoms with van der Waals surface area (Å²) >= 11 is 6.01. The number of halogens is 2. The Morgan fingerprint density at radius 1 is 1.20 bits per heavy atom. The van der Waals surface area contributed by atoms with E-state index in [1.165, 1.54) is 18.2 Å². The van der Waals surface area contributed by atoms with E-state index in [0.29, 0.717) is 15.9 Å². The first-order valence-electron chi connectivity index (χ1n) is 7.77. The van der Waals surface area contributed by atoms with Crippen LogP contribution in [0, 0.1) is 5.82 Å². The Hall–Kier alpha value is -2.66. The van der Waals surface area contributed by atoms with Gasteiger partial charge >= 0.3 is 0 Å². The van der Waals surface area contributed by atoms with Crippen LogP contribution >= 0.6 is 11.6 Å². The number of carbonyl (C=O) groups is 1. The molecule has 1 aromatic heterocycles. The van der Waals surface area contributed by atoms with Crippen molar-refractivity contribution in [2.45, 2.75) is 19.5 Å². The molecule has 3 aromatic rings. The van der Waals surface area contributed by atoms with E-state index < -0.39 is 0 Å². The lowest BCUT2D eigenvalue weighted by Gasteiger charge is -2.16. The fourth-order valence-corrected chi connectivity index (χ4v) is 2.86. The molecule has 128 valence electrons. The van der Waals surface area contributed by atoms with Gasteiger partial charge < -0.3 is 9.88 Å². The number of pyridine rings is 1. The Kier molecular flexibility index (Phi) is 4.86. The number of nitrogens with one attached hydrogen (secondary N) is 1. The van der Waals surface area contributed by atoms with Crippen molar-refractivity contribution in [3.63, 3.8) is 0 Å². The standard InChI is InChI=1S/C19H16ClFN2O2/c1-12(13-2-5-15(21)6-3-13)22-19(25)11-23-9-8-18(24)16-7-4-14(20)10-17(16)23/h2-10,12H,11H2,1H3,(H,22,25). The van der Waals surface area contributed by atoms with Gasteiger partial charge in [0.25, 0.3) is 0 Å². The van der Waals surface area contributed by atoms with Crippen LogP contribution in [0.2, 0.25) is 5.02 Å². The van der Waals surface area contributed by atoms with Crippen molar-refractivity contribution in [3.05, 3.63) is 81.4 Å². The number of hydrogen-bond donors (Lipinski definition) is 1. The van der Waals surface area contributed by atoms with Gasteiger partial charge in [-0.25, -0.2) is 4.39 Å². The van der Waals surface area contributed by atoms with Gasteiger partial charge in [-0.1, -0.05) is 23.7 Å². The SMILES string of the molecule is CC(NC(=O)Cn1ccc(=O)c2ccc(Cl)cc21)c1ccc(F)cc1. The molecule has 6 heteroatoms. The maximum Gasteiger partial charge on any atom is 0.240 e. The number of nitrogens with zero attached hydrogens (tertiary/aromatic N) is 1. The summed E-state index contributed by atoms with van der Waals surface area (Å²) in [7, 11) is 0. The average Bonchev–Trinajstić information content (AvgIpc) is 2.58. The molecule has 0 spiro atoms. The number of fused-ring (bicyclic) bond motifs is 1. The third kappa shape index (κ3) is 3.88. The van der Waals surface area contributed by atoms with Gasteiger partial charge in [-0.3, -0.25) is 9.59 Å². The third-order valence-corrected chi connectivity index (χ3v) is 4.24. The molecule has 1 amide bonds. The molecular formula is C19H16ClFN2O2. The van der Waals surface area contributed by atoms with Gasteiger partial charge in [-0.15, -0.1) is 0 Å². The van der Waals surface area contributed by atoms with Gasteiger partial charge in [0.2, 0.25) is 5.91 Å². The molecule has 0 bridgehead atoms. The quantitative estimate of drug-likeness (QED) is 0.773. The number of hydrogen-bond acceptors (Lipinski definition) is 2. The summed E-state index contributed by atoms with van der Waals surface area (Å²) in [4.78, 5) is 24.3. The highest BCUT2D eigenvalue weighted by molar-refractivity contribution is 6.31. The Labute approximate surface area is 148 Å². The Morgan fingerprint density at radius 3 is 2.64 bits per heavy atom. The molecule has 0 aliphatic rings. The zero-order valence-corrected chi connectivity index (χ0v) is 14.3. The highest BCUT2D eigenvalue weighted by Crippen LogP contribution is 2.17. The van der Waals surface area contributed by atoms with Crippen LogP contribution in [-0.4, -0.2) is 10.5 Å². The monoisotopic (exact) mass is 358 g/mol. The first kappa shape index (κ1) is 17.2. The van der Waals surface area contributed by atoms with Gasteiger partial charge in [0, 0.05) is 22.7 Å². The highest BCUT2D eigenvalue weighted by atomic mass is 35.5. The van der Waals surface area contributed by atoms with Crippen molar-refractivity contribution in [2.24, 2.45) is 0 Å². The molecule has 0 aliphatic carbocycles. The van der Waals surface area contributed by atoms with Gasteiger partial charge in [-0.2, -0.15) is 0 Å². The number of rotatable bonds is 4. The van der Waals surface area contributed by atoms with Crippen molar-refractivity contribution in [2.75, 3.05) is 0 Å². The molecular weight excluding hydrogens is 343 g/mol. The van der Waals surface area contributed by atoms with E-state index in [-0.39, 0.29) is 29.7 Å². The first-order chi connectivity index (χ1) is 11.9. The molecule has 0 saturated carbocycles. The molecule has 0 saturated heterocycles. The van der Waals surface area contributed by atoms with Crippen LogP contribution in [0.1, 0.15) is 18.5 Å². The molecule has 1 unspecified atom stereocenters. The van der Waals surface area contributed by atoms with Crippen LogP contribution in [0.15, 0.2) is 59.5 Å². The lowest BCUT2D eigenvalue weighted by molar-refractivity contribution is -0.122. The van der Waals surface area contributed by atoms with Gasteiger partial charge in [0.1, 0.15) is 12.4 Å². The summed E-state index contributed by atoms with van der Waals surface area (Å²) in [6.45, 7) is 1.87. The molecule has 1 heterocycles.